The lowest BCUT2D eigenvalue weighted by molar-refractivity contribution is 0.605. The molecule has 0 aliphatic heterocycles. The summed E-state index contributed by atoms with van der Waals surface area (Å²) in [5.41, 5.74) is 1.46. The highest BCUT2D eigenvalue weighted by molar-refractivity contribution is 14.1. The van der Waals surface area contributed by atoms with Crippen LogP contribution < -0.4 is 4.72 Å². The molecule has 0 aliphatic carbocycles. The van der Waals surface area contributed by atoms with Gasteiger partial charge in [-0.25, -0.2) is 8.42 Å². The molecular weight excluding hydrogens is 337 g/mol. The average molecular weight is 346 g/mol. The van der Waals surface area contributed by atoms with Gasteiger partial charge in [0.25, 0.3) is 0 Å². The van der Waals surface area contributed by atoms with E-state index in [2.05, 4.69) is 27.3 Å². The van der Waals surface area contributed by atoms with Crippen LogP contribution in [0.5, 0.6) is 0 Å². The molecule has 0 saturated heterocycles. The Morgan fingerprint density at radius 1 is 1.50 bits per heavy atom. The fourth-order valence-corrected chi connectivity index (χ4v) is 2.16. The molecule has 0 amide bonds. The molecule has 0 heterocycles. The minimum atomic E-state index is -3.40. The number of aryl methyl sites for hydroxylation is 1. The Morgan fingerprint density at radius 2 is 2.14 bits per heavy atom. The summed E-state index contributed by atoms with van der Waals surface area (Å²) in [6, 6.07) is 5.53. The van der Waals surface area contributed by atoms with E-state index in [0.717, 1.165) is 9.13 Å². The Morgan fingerprint density at radius 3 is 2.71 bits per heavy atom. The van der Waals surface area contributed by atoms with Crippen molar-refractivity contribution >= 4 is 49.9 Å². The first-order valence-electron chi connectivity index (χ1n) is 3.77. The molecule has 0 unspecified atom stereocenters. The summed E-state index contributed by atoms with van der Waals surface area (Å²) in [5, 5.41) is -0.433. The monoisotopic (exact) mass is 345 g/mol. The van der Waals surface area contributed by atoms with Gasteiger partial charge in [0.05, 0.1) is 5.69 Å². The van der Waals surface area contributed by atoms with Gasteiger partial charge in [0.1, 0.15) is 5.21 Å². The Kier molecular flexibility index (Phi) is 4.03. The van der Waals surface area contributed by atoms with Gasteiger partial charge in [-0.15, -0.1) is 11.6 Å². The molecule has 3 nitrogen and oxygen atoms in total. The van der Waals surface area contributed by atoms with Crippen LogP contribution in [0.15, 0.2) is 18.2 Å². The Hall–Kier alpha value is -0.0100. The number of sulfonamides is 1. The molecule has 0 aromatic heterocycles. The number of halogens is 2. The molecule has 0 spiro atoms. The van der Waals surface area contributed by atoms with E-state index >= 15 is 0 Å². The van der Waals surface area contributed by atoms with E-state index in [0.29, 0.717) is 5.69 Å². The first-order valence-corrected chi connectivity index (χ1v) is 7.04. The van der Waals surface area contributed by atoms with Gasteiger partial charge in [0.15, 0.2) is 0 Å². The lowest BCUT2D eigenvalue weighted by Gasteiger charge is -2.08. The van der Waals surface area contributed by atoms with Crippen LogP contribution in [0.3, 0.4) is 0 Å². The average Bonchev–Trinajstić information content (AvgIpc) is 2.11. The molecule has 0 fully saturated rings. The Balaban J connectivity index is 3.03. The third-order valence-electron chi connectivity index (χ3n) is 1.61. The standard InChI is InChI=1S/C8H9ClINO2S/c1-6-2-3-7(10)4-8(6)11-14(12,13)5-9/h2-4,11H,5H2,1H3. The zero-order chi connectivity index (χ0) is 10.8. The third-order valence-corrected chi connectivity index (χ3v) is 3.96. The second kappa shape index (κ2) is 4.67. The normalized spacial score (nSPS) is 11.4. The fourth-order valence-electron chi connectivity index (χ4n) is 0.899. The molecule has 0 aliphatic rings. The van der Waals surface area contributed by atoms with Crippen molar-refractivity contribution in [3.63, 3.8) is 0 Å². The first-order chi connectivity index (χ1) is 6.44. The summed E-state index contributed by atoms with van der Waals surface area (Å²) >= 11 is 7.40. The van der Waals surface area contributed by atoms with Crippen LogP contribution in [-0.4, -0.2) is 13.6 Å². The van der Waals surface area contributed by atoms with Gasteiger partial charge < -0.3 is 0 Å². The lowest BCUT2D eigenvalue weighted by Crippen LogP contribution is -2.14. The molecule has 6 heteroatoms. The van der Waals surface area contributed by atoms with E-state index in [1.54, 1.807) is 6.07 Å². The second-order valence-corrected chi connectivity index (χ2v) is 6.34. The second-order valence-electron chi connectivity index (χ2n) is 2.79. The summed E-state index contributed by atoms with van der Waals surface area (Å²) in [5.74, 6) is 0. The Bertz CT molecular complexity index is 433. The summed E-state index contributed by atoms with van der Waals surface area (Å²) < 4.78 is 25.8. The molecule has 0 atom stereocenters. The SMILES string of the molecule is Cc1ccc(I)cc1NS(=O)(=O)CCl. The minimum Gasteiger partial charge on any atom is -0.282 e. The van der Waals surface area contributed by atoms with E-state index in [-0.39, 0.29) is 0 Å². The Labute approximate surface area is 102 Å². The van der Waals surface area contributed by atoms with Gasteiger partial charge in [-0.2, -0.15) is 0 Å². The van der Waals surface area contributed by atoms with Crippen molar-refractivity contribution in [1.29, 1.82) is 0 Å². The number of anilines is 1. The molecule has 0 bridgehead atoms. The van der Waals surface area contributed by atoms with E-state index in [9.17, 15) is 8.42 Å². The maximum absolute atomic E-state index is 11.2. The van der Waals surface area contributed by atoms with Crippen LogP contribution in [0, 0.1) is 10.5 Å². The highest BCUT2D eigenvalue weighted by Crippen LogP contribution is 2.19. The molecule has 1 aromatic rings. The first kappa shape index (κ1) is 12.1. The number of benzene rings is 1. The number of hydrogen-bond donors (Lipinski definition) is 1. The largest absolute Gasteiger partial charge is 0.282 e. The molecule has 1 rings (SSSR count). The molecule has 1 N–H and O–H groups in total. The van der Waals surface area contributed by atoms with Crippen molar-refractivity contribution in [3.05, 3.63) is 27.3 Å². The van der Waals surface area contributed by atoms with Crippen LogP contribution in [0.25, 0.3) is 0 Å². The molecular formula is C8H9ClINO2S. The quantitative estimate of drug-likeness (QED) is 0.676. The van der Waals surface area contributed by atoms with Gasteiger partial charge in [-0.1, -0.05) is 6.07 Å². The predicted octanol–water partition coefficient (Wildman–Crippen LogP) is 2.54. The topological polar surface area (TPSA) is 46.2 Å². The van der Waals surface area contributed by atoms with Crippen molar-refractivity contribution in [2.45, 2.75) is 6.92 Å². The zero-order valence-corrected chi connectivity index (χ0v) is 11.1. The van der Waals surface area contributed by atoms with E-state index < -0.39 is 15.2 Å². The maximum atomic E-state index is 11.2. The van der Waals surface area contributed by atoms with Crippen molar-refractivity contribution in [1.82, 2.24) is 0 Å². The van der Waals surface area contributed by atoms with E-state index in [1.807, 2.05) is 19.1 Å². The summed E-state index contributed by atoms with van der Waals surface area (Å²) in [7, 11) is -3.40. The summed E-state index contributed by atoms with van der Waals surface area (Å²) in [6.45, 7) is 1.84. The molecule has 1 aromatic carbocycles. The van der Waals surface area contributed by atoms with E-state index in [4.69, 9.17) is 11.6 Å². The lowest BCUT2D eigenvalue weighted by atomic mass is 10.2. The maximum Gasteiger partial charge on any atom is 0.246 e. The minimum absolute atomic E-state index is 0.433. The zero-order valence-electron chi connectivity index (χ0n) is 7.42. The third kappa shape index (κ3) is 3.29. The van der Waals surface area contributed by atoms with Crippen molar-refractivity contribution < 1.29 is 8.42 Å². The van der Waals surface area contributed by atoms with Gasteiger partial charge in [0, 0.05) is 3.57 Å². The van der Waals surface area contributed by atoms with Gasteiger partial charge in [-0.3, -0.25) is 4.72 Å². The van der Waals surface area contributed by atoms with Crippen LogP contribution in [0.1, 0.15) is 5.56 Å². The molecule has 0 radical (unpaired) electrons. The van der Waals surface area contributed by atoms with Crippen LogP contribution in [0.4, 0.5) is 5.69 Å². The van der Waals surface area contributed by atoms with Crippen molar-refractivity contribution in [2.75, 3.05) is 9.93 Å². The molecule has 78 valence electrons. The highest BCUT2D eigenvalue weighted by Gasteiger charge is 2.09. The number of nitrogens with one attached hydrogen (secondary N) is 1. The van der Waals surface area contributed by atoms with Gasteiger partial charge in [0.2, 0.25) is 10.0 Å². The van der Waals surface area contributed by atoms with Gasteiger partial charge >= 0.3 is 0 Å². The predicted molar refractivity (Wildman–Crippen MR) is 67.2 cm³/mol. The van der Waals surface area contributed by atoms with Crippen LogP contribution in [-0.2, 0) is 10.0 Å². The fraction of sp³-hybridized carbons (Fsp3) is 0.250. The molecule has 14 heavy (non-hydrogen) atoms. The van der Waals surface area contributed by atoms with Crippen LogP contribution in [0.2, 0.25) is 0 Å². The summed E-state index contributed by atoms with van der Waals surface area (Å²) in [6.07, 6.45) is 0. The number of rotatable bonds is 3. The van der Waals surface area contributed by atoms with Crippen LogP contribution >= 0.6 is 34.2 Å². The smallest absolute Gasteiger partial charge is 0.246 e. The number of alkyl halides is 1. The number of hydrogen-bond acceptors (Lipinski definition) is 2. The van der Waals surface area contributed by atoms with Crippen molar-refractivity contribution in [2.24, 2.45) is 0 Å². The van der Waals surface area contributed by atoms with Gasteiger partial charge in [-0.05, 0) is 47.2 Å². The summed E-state index contributed by atoms with van der Waals surface area (Å²) in [4.78, 5) is 0. The van der Waals surface area contributed by atoms with Crippen molar-refractivity contribution in [3.8, 4) is 0 Å². The molecule has 0 saturated carbocycles. The highest BCUT2D eigenvalue weighted by atomic mass is 127. The van der Waals surface area contributed by atoms with E-state index in [1.165, 1.54) is 0 Å².